The van der Waals surface area contributed by atoms with Gasteiger partial charge in [0.05, 0.1) is 0 Å². The second kappa shape index (κ2) is 4.38. The minimum absolute atomic E-state index is 0.0403. The van der Waals surface area contributed by atoms with E-state index < -0.39 is 0 Å². The van der Waals surface area contributed by atoms with Crippen molar-refractivity contribution in [1.82, 2.24) is 4.98 Å². The fourth-order valence-electron chi connectivity index (χ4n) is 1.41. The molecule has 0 saturated carbocycles. The van der Waals surface area contributed by atoms with Crippen molar-refractivity contribution >= 4 is 0 Å². The van der Waals surface area contributed by atoms with Crippen molar-refractivity contribution in [3.63, 3.8) is 0 Å². The predicted octanol–water partition coefficient (Wildman–Crippen LogP) is 2.14. The monoisotopic (exact) mass is 178 g/mol. The van der Waals surface area contributed by atoms with E-state index >= 15 is 0 Å². The highest BCUT2D eigenvalue weighted by molar-refractivity contribution is 5.13. The Labute approximate surface area is 80.2 Å². The number of pyridine rings is 1. The third kappa shape index (κ3) is 2.81. The number of nitrogens with zero attached hydrogens (tertiary/aromatic N) is 1. The van der Waals surface area contributed by atoms with Gasteiger partial charge in [0.1, 0.15) is 0 Å². The maximum absolute atomic E-state index is 6.21. The van der Waals surface area contributed by atoms with Crippen molar-refractivity contribution in [3.05, 3.63) is 30.1 Å². The molecule has 0 bridgehead atoms. The van der Waals surface area contributed by atoms with E-state index in [0.717, 1.165) is 19.3 Å². The second-order valence-corrected chi connectivity index (χ2v) is 3.60. The molecule has 0 atom stereocenters. The SMILES string of the molecule is CCC(N)(CC)Cc1ccncc1. The highest BCUT2D eigenvalue weighted by Crippen LogP contribution is 2.17. The molecule has 1 heterocycles. The second-order valence-electron chi connectivity index (χ2n) is 3.60. The average molecular weight is 178 g/mol. The molecule has 0 saturated heterocycles. The summed E-state index contributed by atoms with van der Waals surface area (Å²) in [7, 11) is 0. The zero-order chi connectivity index (χ0) is 9.73. The van der Waals surface area contributed by atoms with Crippen molar-refractivity contribution < 1.29 is 0 Å². The van der Waals surface area contributed by atoms with E-state index in [4.69, 9.17) is 5.73 Å². The summed E-state index contributed by atoms with van der Waals surface area (Å²) < 4.78 is 0. The lowest BCUT2D eigenvalue weighted by atomic mass is 9.87. The molecule has 1 rings (SSSR count). The van der Waals surface area contributed by atoms with Crippen LogP contribution in [-0.2, 0) is 6.42 Å². The molecule has 0 aliphatic rings. The summed E-state index contributed by atoms with van der Waals surface area (Å²) in [6.45, 7) is 4.29. The molecule has 1 aromatic rings. The molecule has 0 aliphatic heterocycles. The highest BCUT2D eigenvalue weighted by Gasteiger charge is 2.20. The fraction of sp³-hybridized carbons (Fsp3) is 0.545. The first-order chi connectivity index (χ1) is 6.20. The van der Waals surface area contributed by atoms with E-state index in [2.05, 4.69) is 18.8 Å². The van der Waals surface area contributed by atoms with E-state index in [0.29, 0.717) is 0 Å². The zero-order valence-electron chi connectivity index (χ0n) is 8.46. The van der Waals surface area contributed by atoms with Crippen LogP contribution in [0.15, 0.2) is 24.5 Å². The molecular formula is C11H18N2. The van der Waals surface area contributed by atoms with Gasteiger partial charge in [-0.25, -0.2) is 0 Å². The van der Waals surface area contributed by atoms with Crippen molar-refractivity contribution in [3.8, 4) is 0 Å². The molecule has 0 radical (unpaired) electrons. The first kappa shape index (κ1) is 10.2. The minimum Gasteiger partial charge on any atom is -0.325 e. The van der Waals surface area contributed by atoms with Crippen LogP contribution in [0.4, 0.5) is 0 Å². The van der Waals surface area contributed by atoms with Gasteiger partial charge < -0.3 is 5.73 Å². The lowest BCUT2D eigenvalue weighted by Crippen LogP contribution is -2.40. The zero-order valence-corrected chi connectivity index (χ0v) is 8.46. The van der Waals surface area contributed by atoms with Crippen LogP contribution < -0.4 is 5.73 Å². The summed E-state index contributed by atoms with van der Waals surface area (Å²) in [6, 6.07) is 4.07. The number of nitrogens with two attached hydrogens (primary N) is 1. The Morgan fingerprint density at radius 1 is 1.23 bits per heavy atom. The average Bonchev–Trinajstić information content (AvgIpc) is 2.19. The summed E-state index contributed by atoms with van der Waals surface area (Å²) in [5, 5.41) is 0. The van der Waals surface area contributed by atoms with Gasteiger partial charge in [-0.3, -0.25) is 4.98 Å². The van der Waals surface area contributed by atoms with Gasteiger partial charge in [0, 0.05) is 17.9 Å². The summed E-state index contributed by atoms with van der Waals surface area (Å²) in [6.07, 6.45) is 6.63. The molecule has 0 spiro atoms. The molecule has 0 fully saturated rings. The smallest absolute Gasteiger partial charge is 0.0270 e. The van der Waals surface area contributed by atoms with Crippen molar-refractivity contribution in [2.24, 2.45) is 5.73 Å². The Bertz CT molecular complexity index is 240. The molecule has 0 aromatic carbocycles. The molecule has 0 aliphatic carbocycles. The maximum Gasteiger partial charge on any atom is 0.0270 e. The predicted molar refractivity (Wildman–Crippen MR) is 55.4 cm³/mol. The Morgan fingerprint density at radius 3 is 2.23 bits per heavy atom. The van der Waals surface area contributed by atoms with Gasteiger partial charge in [0.2, 0.25) is 0 Å². The van der Waals surface area contributed by atoms with Gasteiger partial charge in [-0.2, -0.15) is 0 Å². The van der Waals surface area contributed by atoms with Gasteiger partial charge in [-0.05, 0) is 37.0 Å². The molecule has 0 unspecified atom stereocenters. The van der Waals surface area contributed by atoms with Gasteiger partial charge in [0.15, 0.2) is 0 Å². The normalized spacial score (nSPS) is 11.6. The summed E-state index contributed by atoms with van der Waals surface area (Å²) in [4.78, 5) is 3.99. The third-order valence-electron chi connectivity index (χ3n) is 2.71. The van der Waals surface area contributed by atoms with Crippen LogP contribution in [0.25, 0.3) is 0 Å². The van der Waals surface area contributed by atoms with Crippen LogP contribution in [-0.4, -0.2) is 10.5 Å². The van der Waals surface area contributed by atoms with Crippen LogP contribution in [0.2, 0.25) is 0 Å². The standard InChI is InChI=1S/C11H18N2/c1-3-11(12,4-2)9-10-5-7-13-8-6-10/h5-8H,3-4,9,12H2,1-2H3. The lowest BCUT2D eigenvalue weighted by Gasteiger charge is -2.26. The van der Waals surface area contributed by atoms with E-state index in [1.54, 1.807) is 0 Å². The Balaban J connectivity index is 2.68. The number of aromatic nitrogens is 1. The summed E-state index contributed by atoms with van der Waals surface area (Å²) >= 11 is 0. The molecule has 2 nitrogen and oxygen atoms in total. The fourth-order valence-corrected chi connectivity index (χ4v) is 1.41. The Morgan fingerprint density at radius 2 is 1.77 bits per heavy atom. The van der Waals surface area contributed by atoms with E-state index in [1.165, 1.54) is 5.56 Å². The van der Waals surface area contributed by atoms with Crippen LogP contribution in [0, 0.1) is 0 Å². The first-order valence-corrected chi connectivity index (χ1v) is 4.88. The summed E-state index contributed by atoms with van der Waals surface area (Å²) in [5.74, 6) is 0. The van der Waals surface area contributed by atoms with Crippen molar-refractivity contribution in [2.45, 2.75) is 38.6 Å². The maximum atomic E-state index is 6.21. The van der Waals surface area contributed by atoms with E-state index in [1.807, 2.05) is 24.5 Å². The highest BCUT2D eigenvalue weighted by atomic mass is 14.7. The molecule has 0 amide bonds. The molecule has 13 heavy (non-hydrogen) atoms. The first-order valence-electron chi connectivity index (χ1n) is 4.88. The van der Waals surface area contributed by atoms with Gasteiger partial charge in [0.25, 0.3) is 0 Å². The van der Waals surface area contributed by atoms with Crippen molar-refractivity contribution in [1.29, 1.82) is 0 Å². The molecule has 1 aromatic heterocycles. The van der Waals surface area contributed by atoms with Crippen molar-refractivity contribution in [2.75, 3.05) is 0 Å². The molecular weight excluding hydrogens is 160 g/mol. The largest absolute Gasteiger partial charge is 0.325 e. The quantitative estimate of drug-likeness (QED) is 0.767. The van der Waals surface area contributed by atoms with Crippen LogP contribution >= 0.6 is 0 Å². The molecule has 2 N–H and O–H groups in total. The lowest BCUT2D eigenvalue weighted by molar-refractivity contribution is 0.393. The Hall–Kier alpha value is -0.890. The number of hydrogen-bond donors (Lipinski definition) is 1. The molecule has 72 valence electrons. The number of hydrogen-bond acceptors (Lipinski definition) is 2. The van der Waals surface area contributed by atoms with Gasteiger partial charge in [-0.1, -0.05) is 13.8 Å². The topological polar surface area (TPSA) is 38.9 Å². The van der Waals surface area contributed by atoms with E-state index in [-0.39, 0.29) is 5.54 Å². The van der Waals surface area contributed by atoms with Crippen LogP contribution in [0.1, 0.15) is 32.3 Å². The van der Waals surface area contributed by atoms with Crippen LogP contribution in [0.3, 0.4) is 0 Å². The van der Waals surface area contributed by atoms with Crippen LogP contribution in [0.5, 0.6) is 0 Å². The van der Waals surface area contributed by atoms with Gasteiger partial charge in [-0.15, -0.1) is 0 Å². The van der Waals surface area contributed by atoms with Gasteiger partial charge >= 0.3 is 0 Å². The Kier molecular flexibility index (Phi) is 3.43. The molecule has 2 heteroatoms. The number of rotatable bonds is 4. The minimum atomic E-state index is -0.0403. The summed E-state index contributed by atoms with van der Waals surface area (Å²) in [5.41, 5.74) is 7.45. The van der Waals surface area contributed by atoms with E-state index in [9.17, 15) is 0 Å². The third-order valence-corrected chi connectivity index (χ3v) is 2.71.